The van der Waals surface area contributed by atoms with E-state index in [-0.39, 0.29) is 0 Å². The minimum absolute atomic E-state index is 0.859. The highest BCUT2D eigenvalue weighted by atomic mass is 16.5. The summed E-state index contributed by atoms with van der Waals surface area (Å²) >= 11 is 0. The third kappa shape index (κ3) is 2.17. The van der Waals surface area contributed by atoms with E-state index < -0.39 is 0 Å². The largest absolute Gasteiger partial charge is 0.497 e. The first-order chi connectivity index (χ1) is 11.2. The lowest BCUT2D eigenvalue weighted by Gasteiger charge is -2.08. The lowest BCUT2D eigenvalue weighted by Crippen LogP contribution is -1.90. The van der Waals surface area contributed by atoms with E-state index in [1.165, 1.54) is 28.8 Å². The van der Waals surface area contributed by atoms with Crippen molar-refractivity contribution in [2.45, 2.75) is 33.1 Å². The van der Waals surface area contributed by atoms with Crippen LogP contribution in [0.5, 0.6) is 5.75 Å². The fourth-order valence-electron chi connectivity index (χ4n) is 3.63. The molecule has 0 radical (unpaired) electrons. The molecule has 1 N–H and O–H groups in total. The van der Waals surface area contributed by atoms with Gasteiger partial charge in [0.05, 0.1) is 24.1 Å². The van der Waals surface area contributed by atoms with Crippen molar-refractivity contribution in [1.29, 1.82) is 0 Å². The average molecular weight is 308 g/mol. The molecule has 0 amide bonds. The SMILES string of the molecule is COc1ccc(-c2c(-c3c(C)noc3C)[nH]c3c2CCC3)cc1. The van der Waals surface area contributed by atoms with Gasteiger partial charge in [0.15, 0.2) is 0 Å². The van der Waals surface area contributed by atoms with Gasteiger partial charge in [-0.1, -0.05) is 17.3 Å². The van der Waals surface area contributed by atoms with Crippen LogP contribution < -0.4 is 4.74 Å². The number of hydrogen-bond donors (Lipinski definition) is 1. The predicted molar refractivity (Wildman–Crippen MR) is 89.8 cm³/mol. The predicted octanol–water partition coefficient (Wildman–Crippen LogP) is 4.45. The summed E-state index contributed by atoms with van der Waals surface area (Å²) in [5, 5.41) is 4.12. The summed E-state index contributed by atoms with van der Waals surface area (Å²) in [7, 11) is 1.69. The minimum Gasteiger partial charge on any atom is -0.497 e. The van der Waals surface area contributed by atoms with E-state index in [4.69, 9.17) is 9.26 Å². The first-order valence-corrected chi connectivity index (χ1v) is 8.00. The monoisotopic (exact) mass is 308 g/mol. The lowest BCUT2D eigenvalue weighted by atomic mass is 9.96. The Morgan fingerprint density at radius 1 is 1.09 bits per heavy atom. The van der Waals surface area contributed by atoms with Crippen LogP contribution in [-0.2, 0) is 12.8 Å². The van der Waals surface area contributed by atoms with Crippen molar-refractivity contribution >= 4 is 0 Å². The van der Waals surface area contributed by atoms with Gasteiger partial charge in [0.2, 0.25) is 0 Å². The van der Waals surface area contributed by atoms with E-state index in [0.29, 0.717) is 0 Å². The van der Waals surface area contributed by atoms with E-state index in [1.54, 1.807) is 7.11 Å². The third-order valence-electron chi connectivity index (χ3n) is 4.71. The fraction of sp³-hybridized carbons (Fsp3) is 0.316. The van der Waals surface area contributed by atoms with Crippen LogP contribution in [0.25, 0.3) is 22.4 Å². The standard InChI is InChI=1S/C19H20N2O2/c1-11-17(12(2)23-21-11)19-18(15-5-4-6-16(15)20-19)13-7-9-14(22-3)10-8-13/h7-10,20H,4-6H2,1-3H3. The molecule has 23 heavy (non-hydrogen) atoms. The number of aryl methyl sites for hydroxylation is 3. The molecule has 0 fully saturated rings. The summed E-state index contributed by atoms with van der Waals surface area (Å²) in [5.74, 6) is 1.73. The van der Waals surface area contributed by atoms with Crippen molar-refractivity contribution in [3.63, 3.8) is 0 Å². The summed E-state index contributed by atoms with van der Waals surface area (Å²) in [4.78, 5) is 3.64. The average Bonchev–Trinajstić information content (AvgIpc) is 3.22. The Morgan fingerprint density at radius 3 is 2.52 bits per heavy atom. The molecule has 0 aliphatic heterocycles. The van der Waals surface area contributed by atoms with Gasteiger partial charge in [-0.05, 0) is 56.4 Å². The molecule has 0 saturated heterocycles. The van der Waals surface area contributed by atoms with E-state index in [0.717, 1.165) is 41.3 Å². The topological polar surface area (TPSA) is 51.1 Å². The van der Waals surface area contributed by atoms with E-state index >= 15 is 0 Å². The van der Waals surface area contributed by atoms with Gasteiger partial charge in [0.1, 0.15) is 11.5 Å². The van der Waals surface area contributed by atoms with Gasteiger partial charge in [-0.25, -0.2) is 0 Å². The van der Waals surface area contributed by atoms with Crippen molar-refractivity contribution in [1.82, 2.24) is 10.1 Å². The number of nitrogens with one attached hydrogen (secondary N) is 1. The molecule has 2 aromatic heterocycles. The van der Waals surface area contributed by atoms with E-state index in [2.05, 4.69) is 22.3 Å². The van der Waals surface area contributed by atoms with Gasteiger partial charge >= 0.3 is 0 Å². The molecule has 1 aromatic carbocycles. The number of hydrogen-bond acceptors (Lipinski definition) is 3. The van der Waals surface area contributed by atoms with E-state index in [1.807, 2.05) is 26.0 Å². The molecule has 4 heteroatoms. The molecule has 0 spiro atoms. The summed E-state index contributed by atoms with van der Waals surface area (Å²) in [6.07, 6.45) is 3.45. The second-order valence-electron chi connectivity index (χ2n) is 6.11. The van der Waals surface area contributed by atoms with Crippen molar-refractivity contribution in [2.75, 3.05) is 7.11 Å². The number of H-pyrrole nitrogens is 1. The Hall–Kier alpha value is -2.49. The van der Waals surface area contributed by atoms with Crippen LogP contribution >= 0.6 is 0 Å². The zero-order valence-electron chi connectivity index (χ0n) is 13.7. The van der Waals surface area contributed by atoms with Gasteiger partial charge in [-0.15, -0.1) is 0 Å². The number of benzene rings is 1. The van der Waals surface area contributed by atoms with Crippen LogP contribution in [0.2, 0.25) is 0 Å². The number of methoxy groups -OCH3 is 1. The second kappa shape index (κ2) is 5.30. The van der Waals surface area contributed by atoms with Crippen LogP contribution in [0.4, 0.5) is 0 Å². The van der Waals surface area contributed by atoms with Crippen LogP contribution in [-0.4, -0.2) is 17.3 Å². The van der Waals surface area contributed by atoms with Gasteiger partial charge in [0.25, 0.3) is 0 Å². The highest BCUT2D eigenvalue weighted by molar-refractivity contribution is 5.87. The molecule has 1 aliphatic rings. The van der Waals surface area contributed by atoms with Crippen molar-refractivity contribution in [3.8, 4) is 28.1 Å². The number of aromatic amines is 1. The van der Waals surface area contributed by atoms with Crippen molar-refractivity contribution in [2.24, 2.45) is 0 Å². The highest BCUT2D eigenvalue weighted by Gasteiger charge is 2.26. The number of ether oxygens (including phenoxy) is 1. The summed E-state index contributed by atoms with van der Waals surface area (Å²) in [6.45, 7) is 3.97. The molecule has 0 saturated carbocycles. The Bertz CT molecular complexity index is 837. The zero-order chi connectivity index (χ0) is 16.0. The fourth-order valence-corrected chi connectivity index (χ4v) is 3.63. The molecule has 1 aliphatic carbocycles. The second-order valence-corrected chi connectivity index (χ2v) is 6.11. The number of aromatic nitrogens is 2. The van der Waals surface area contributed by atoms with Gasteiger partial charge in [-0.2, -0.15) is 0 Å². The van der Waals surface area contributed by atoms with Crippen LogP contribution in [0.15, 0.2) is 28.8 Å². The smallest absolute Gasteiger partial charge is 0.143 e. The van der Waals surface area contributed by atoms with Crippen LogP contribution in [0.3, 0.4) is 0 Å². The molecule has 3 aromatic rings. The normalized spacial score (nSPS) is 13.3. The Kier molecular flexibility index (Phi) is 3.26. The Labute approximate surface area is 135 Å². The number of nitrogens with zero attached hydrogens (tertiary/aromatic N) is 1. The summed E-state index contributed by atoms with van der Waals surface area (Å²) in [6, 6.07) is 8.28. The number of fused-ring (bicyclic) bond motifs is 1. The molecule has 2 heterocycles. The maximum absolute atomic E-state index is 5.39. The van der Waals surface area contributed by atoms with Crippen molar-refractivity contribution < 1.29 is 9.26 Å². The van der Waals surface area contributed by atoms with Gasteiger partial charge in [-0.3, -0.25) is 0 Å². The molecular formula is C19H20N2O2. The maximum Gasteiger partial charge on any atom is 0.143 e. The highest BCUT2D eigenvalue weighted by Crippen LogP contribution is 2.42. The maximum atomic E-state index is 5.39. The van der Waals surface area contributed by atoms with E-state index in [9.17, 15) is 0 Å². The molecule has 0 atom stereocenters. The molecule has 0 unspecified atom stereocenters. The summed E-state index contributed by atoms with van der Waals surface area (Å²) < 4.78 is 10.7. The lowest BCUT2D eigenvalue weighted by molar-refractivity contribution is 0.393. The molecular weight excluding hydrogens is 288 g/mol. The van der Waals surface area contributed by atoms with Gasteiger partial charge < -0.3 is 14.2 Å². The summed E-state index contributed by atoms with van der Waals surface area (Å²) in [5.41, 5.74) is 8.43. The Balaban J connectivity index is 1.94. The molecule has 0 bridgehead atoms. The van der Waals surface area contributed by atoms with Crippen LogP contribution in [0.1, 0.15) is 29.1 Å². The van der Waals surface area contributed by atoms with Crippen molar-refractivity contribution in [3.05, 3.63) is 47.0 Å². The molecule has 4 nitrogen and oxygen atoms in total. The molecule has 4 rings (SSSR count). The first-order valence-electron chi connectivity index (χ1n) is 8.00. The Morgan fingerprint density at radius 2 is 1.87 bits per heavy atom. The molecule has 118 valence electrons. The van der Waals surface area contributed by atoms with Crippen LogP contribution in [0, 0.1) is 13.8 Å². The quantitative estimate of drug-likeness (QED) is 0.777. The zero-order valence-corrected chi connectivity index (χ0v) is 13.7. The minimum atomic E-state index is 0.859. The number of rotatable bonds is 3. The first kappa shape index (κ1) is 14.1. The third-order valence-corrected chi connectivity index (χ3v) is 4.71. The van der Waals surface area contributed by atoms with Gasteiger partial charge in [0, 0.05) is 11.3 Å².